The van der Waals surface area contributed by atoms with E-state index < -0.39 is 0 Å². The maximum absolute atomic E-state index is 4.63. The first-order valence-corrected chi connectivity index (χ1v) is 5.26. The van der Waals surface area contributed by atoms with Gasteiger partial charge in [0.1, 0.15) is 10.0 Å². The smallest absolute Gasteiger partial charge is 0.122 e. The van der Waals surface area contributed by atoms with Gasteiger partial charge in [0.2, 0.25) is 0 Å². The maximum Gasteiger partial charge on any atom is 0.122 e. The second-order valence-corrected chi connectivity index (χ2v) is 4.40. The minimum absolute atomic E-state index is 0.634. The van der Waals surface area contributed by atoms with Crippen molar-refractivity contribution in [1.29, 1.82) is 0 Å². The van der Waals surface area contributed by atoms with Gasteiger partial charge < -0.3 is 4.90 Å². The van der Waals surface area contributed by atoms with Gasteiger partial charge in [-0.3, -0.25) is 0 Å². The molecule has 0 amide bonds. The summed E-state index contributed by atoms with van der Waals surface area (Å²) in [6.45, 7) is 1.01. The van der Waals surface area contributed by atoms with E-state index in [2.05, 4.69) is 32.7 Å². The van der Waals surface area contributed by atoms with E-state index in [1.54, 1.807) is 11.3 Å². The second kappa shape index (κ2) is 5.36. The van der Waals surface area contributed by atoms with Crippen LogP contribution in [0.3, 0.4) is 0 Å². The molecule has 1 aromatic rings. The normalized spacial score (nSPS) is 10.7. The van der Waals surface area contributed by atoms with E-state index >= 15 is 0 Å². The van der Waals surface area contributed by atoms with Gasteiger partial charge in [-0.25, -0.2) is 0 Å². The average Bonchev–Trinajstić information content (AvgIpc) is 2.50. The predicted molar refractivity (Wildman–Crippen MR) is 58.5 cm³/mol. The third-order valence-corrected chi connectivity index (χ3v) is 2.63. The first kappa shape index (κ1) is 10.7. The third-order valence-electron chi connectivity index (χ3n) is 1.50. The molecule has 71 valence electrons. The minimum Gasteiger partial charge on any atom is -0.309 e. The molecule has 0 aliphatic carbocycles. The lowest BCUT2D eigenvalue weighted by Crippen LogP contribution is -2.14. The topological polar surface area (TPSA) is 29.0 Å². The summed E-state index contributed by atoms with van der Waals surface area (Å²) < 4.78 is 0. The van der Waals surface area contributed by atoms with Gasteiger partial charge in [0, 0.05) is 24.8 Å². The summed E-state index contributed by atoms with van der Waals surface area (Å²) in [4.78, 5) is 2.13. The van der Waals surface area contributed by atoms with E-state index in [0.29, 0.717) is 6.42 Å². The van der Waals surface area contributed by atoms with Crippen LogP contribution >= 0.6 is 23.6 Å². The average molecular weight is 214 g/mol. The van der Waals surface area contributed by atoms with E-state index in [0.717, 1.165) is 23.0 Å². The predicted octanol–water partition coefficient (Wildman–Crippen LogP) is 1.06. The van der Waals surface area contributed by atoms with Crippen LogP contribution in [-0.2, 0) is 12.8 Å². The Bertz CT molecular complexity index is 270. The van der Waals surface area contributed by atoms with Crippen molar-refractivity contribution in [2.45, 2.75) is 12.8 Å². The molecule has 5 heteroatoms. The van der Waals surface area contributed by atoms with Crippen molar-refractivity contribution in [1.82, 2.24) is 15.1 Å². The van der Waals surface area contributed by atoms with E-state index in [1.165, 1.54) is 0 Å². The number of hydrogen-bond acceptors (Lipinski definition) is 5. The van der Waals surface area contributed by atoms with Crippen LogP contribution in [0, 0.1) is 0 Å². The van der Waals surface area contributed by atoms with Gasteiger partial charge in [0.05, 0.1) is 0 Å². The molecule has 0 fully saturated rings. The lowest BCUT2D eigenvalue weighted by atomic mass is 10.4. The molecule has 0 unspecified atom stereocenters. The Morgan fingerprint density at radius 2 is 2.08 bits per heavy atom. The molecule has 1 rings (SSSR count). The fourth-order valence-corrected chi connectivity index (χ4v) is 1.84. The van der Waals surface area contributed by atoms with Crippen molar-refractivity contribution >= 4 is 28.9 Å². The molecular weight excluding hydrogens is 202 g/mol. The van der Waals surface area contributed by atoms with Gasteiger partial charge in [-0.15, -0.1) is 21.5 Å². The molecule has 1 heterocycles. The lowest BCUT2D eigenvalue weighted by molar-refractivity contribution is 0.413. The molecule has 3 nitrogen and oxygen atoms in total. The number of aromatic nitrogens is 2. The maximum atomic E-state index is 4.63. The molecule has 0 atom stereocenters. The zero-order valence-electron chi connectivity index (χ0n) is 7.78. The van der Waals surface area contributed by atoms with Crippen molar-refractivity contribution in [3.63, 3.8) is 0 Å². The second-order valence-electron chi connectivity index (χ2n) is 2.96. The molecule has 0 aliphatic heterocycles. The van der Waals surface area contributed by atoms with Crippen LogP contribution in [0.15, 0.2) is 0 Å². The zero-order chi connectivity index (χ0) is 9.68. The van der Waals surface area contributed by atoms with Crippen molar-refractivity contribution < 1.29 is 0 Å². The molecule has 1 aromatic heterocycles. The van der Waals surface area contributed by atoms with E-state index in [1.807, 2.05) is 14.1 Å². The summed E-state index contributed by atoms with van der Waals surface area (Å²) in [7, 11) is 4.10. The van der Waals surface area contributed by atoms with Crippen molar-refractivity contribution in [3.05, 3.63) is 10.0 Å². The Hall–Kier alpha value is -0.390. The molecule has 0 N–H and O–H groups in total. The van der Waals surface area contributed by atoms with Crippen LogP contribution in [0.2, 0.25) is 0 Å². The molecule has 1 radical (unpaired) electrons. The standard InChI is InChI=1S/C8H12N3S2/c1-11(2)5-3-7-9-10-8(13-7)4-6-12/h3-5H2,1-2H3. The van der Waals surface area contributed by atoms with Gasteiger partial charge >= 0.3 is 0 Å². The Morgan fingerprint density at radius 1 is 1.38 bits per heavy atom. The summed E-state index contributed by atoms with van der Waals surface area (Å²) in [6, 6.07) is 0. The SMILES string of the molecule is CN(C)CCc1nnc(C[C]=S)s1. The van der Waals surface area contributed by atoms with Crippen LogP contribution in [0.5, 0.6) is 0 Å². The van der Waals surface area contributed by atoms with Crippen LogP contribution in [-0.4, -0.2) is 41.1 Å². The largest absolute Gasteiger partial charge is 0.309 e. The molecule has 0 spiro atoms. The Morgan fingerprint density at radius 3 is 2.69 bits per heavy atom. The molecule has 0 aliphatic rings. The number of rotatable bonds is 5. The molecule has 0 aromatic carbocycles. The lowest BCUT2D eigenvalue weighted by Gasteiger charge is -2.05. The van der Waals surface area contributed by atoms with Crippen molar-refractivity contribution in [2.24, 2.45) is 0 Å². The molecule has 0 saturated carbocycles. The number of hydrogen-bond donors (Lipinski definition) is 0. The summed E-state index contributed by atoms with van der Waals surface area (Å²) in [5.41, 5.74) is 0. The number of thiocarbonyl (C=S) groups is 1. The van der Waals surface area contributed by atoms with Gasteiger partial charge in [0.25, 0.3) is 0 Å². The first-order chi connectivity index (χ1) is 6.22. The highest BCUT2D eigenvalue weighted by Crippen LogP contribution is 2.10. The van der Waals surface area contributed by atoms with Crippen molar-refractivity contribution in [3.8, 4) is 0 Å². The molecule has 13 heavy (non-hydrogen) atoms. The first-order valence-electron chi connectivity index (χ1n) is 4.03. The Balaban J connectivity index is 2.44. The van der Waals surface area contributed by atoms with Crippen LogP contribution < -0.4 is 0 Å². The van der Waals surface area contributed by atoms with Crippen molar-refractivity contribution in [2.75, 3.05) is 20.6 Å². The monoisotopic (exact) mass is 214 g/mol. The highest BCUT2D eigenvalue weighted by molar-refractivity contribution is 7.79. The third kappa shape index (κ3) is 3.89. The summed E-state index contributed by atoms with van der Waals surface area (Å²) in [5.74, 6) is 0. The van der Waals surface area contributed by atoms with E-state index in [-0.39, 0.29) is 0 Å². The number of likely N-dealkylation sites (N-methyl/N-ethyl adjacent to an activating group) is 1. The highest BCUT2D eigenvalue weighted by Gasteiger charge is 2.02. The fourth-order valence-electron chi connectivity index (χ4n) is 0.842. The molecule has 0 saturated heterocycles. The zero-order valence-corrected chi connectivity index (χ0v) is 9.41. The molecular formula is C8H12N3S2. The fraction of sp³-hybridized carbons (Fsp3) is 0.625. The van der Waals surface area contributed by atoms with Crippen LogP contribution in [0.1, 0.15) is 10.0 Å². The van der Waals surface area contributed by atoms with Gasteiger partial charge in [-0.1, -0.05) is 12.2 Å². The summed E-state index contributed by atoms with van der Waals surface area (Å²) in [6.07, 6.45) is 1.59. The van der Waals surface area contributed by atoms with Crippen LogP contribution in [0.25, 0.3) is 0 Å². The van der Waals surface area contributed by atoms with Gasteiger partial charge in [-0.2, -0.15) is 0 Å². The van der Waals surface area contributed by atoms with E-state index in [9.17, 15) is 0 Å². The Kier molecular flexibility index (Phi) is 4.41. The highest BCUT2D eigenvalue weighted by atomic mass is 32.1. The summed E-state index contributed by atoms with van der Waals surface area (Å²) in [5, 5.41) is 12.7. The van der Waals surface area contributed by atoms with E-state index in [4.69, 9.17) is 0 Å². The van der Waals surface area contributed by atoms with Crippen LogP contribution in [0.4, 0.5) is 0 Å². The van der Waals surface area contributed by atoms with Gasteiger partial charge in [-0.05, 0) is 14.1 Å². The van der Waals surface area contributed by atoms with Gasteiger partial charge in [0.15, 0.2) is 0 Å². The quantitative estimate of drug-likeness (QED) is 0.685. The molecule has 0 bridgehead atoms. The minimum atomic E-state index is 0.634. The summed E-state index contributed by atoms with van der Waals surface area (Å²) >= 11 is 6.25. The number of nitrogens with zero attached hydrogens (tertiary/aromatic N) is 3. The Labute approximate surface area is 87.8 Å².